The number of nitrogens with one attached hydrogen (secondary N) is 2. The van der Waals surface area contributed by atoms with Crippen LogP contribution in [0.1, 0.15) is 48.5 Å². The number of aromatic amines is 1. The van der Waals surface area contributed by atoms with Crippen molar-refractivity contribution in [3.63, 3.8) is 0 Å². The van der Waals surface area contributed by atoms with Crippen molar-refractivity contribution >= 4 is 5.91 Å². The molecule has 3 aromatic heterocycles. The van der Waals surface area contributed by atoms with Gasteiger partial charge in [0.15, 0.2) is 5.82 Å². The summed E-state index contributed by atoms with van der Waals surface area (Å²) in [6, 6.07) is 20.9. The summed E-state index contributed by atoms with van der Waals surface area (Å²) in [6.07, 6.45) is 13.2. The van der Waals surface area contributed by atoms with Gasteiger partial charge in [0.1, 0.15) is 11.4 Å². The van der Waals surface area contributed by atoms with Gasteiger partial charge in [-0.3, -0.25) is 14.5 Å². The fourth-order valence-corrected chi connectivity index (χ4v) is 5.64. The number of amides is 1. The van der Waals surface area contributed by atoms with Crippen LogP contribution in [0.5, 0.6) is 5.75 Å². The molecule has 6 rings (SSSR count). The number of rotatable bonds is 9. The van der Waals surface area contributed by atoms with Gasteiger partial charge in [0.05, 0.1) is 29.7 Å². The molecule has 0 bridgehead atoms. The molecule has 1 atom stereocenters. The van der Waals surface area contributed by atoms with Crippen LogP contribution in [-0.4, -0.2) is 42.3 Å². The Labute approximate surface area is 233 Å². The Hall–Kier alpha value is -4.72. The fourth-order valence-electron chi connectivity index (χ4n) is 5.64. The first-order valence-electron chi connectivity index (χ1n) is 13.8. The van der Waals surface area contributed by atoms with Crippen molar-refractivity contribution < 1.29 is 9.90 Å². The third-order valence-corrected chi connectivity index (χ3v) is 7.76. The summed E-state index contributed by atoms with van der Waals surface area (Å²) in [6.45, 7) is 0.505. The first-order valence-corrected chi connectivity index (χ1v) is 13.8. The van der Waals surface area contributed by atoms with E-state index in [2.05, 4.69) is 31.1 Å². The van der Waals surface area contributed by atoms with Crippen molar-refractivity contribution in [1.29, 1.82) is 0 Å². The third-order valence-electron chi connectivity index (χ3n) is 7.76. The van der Waals surface area contributed by atoms with Crippen LogP contribution in [0.4, 0.5) is 0 Å². The lowest BCUT2D eigenvalue weighted by atomic mass is 9.95. The Balaban J connectivity index is 1.18. The molecule has 1 amide bonds. The number of phenolic OH excluding ortho intramolecular Hbond substituents is 1. The molecule has 2 aromatic carbocycles. The molecule has 40 heavy (non-hydrogen) atoms. The Kier molecular flexibility index (Phi) is 7.39. The molecule has 0 aliphatic heterocycles. The predicted molar refractivity (Wildman–Crippen MR) is 155 cm³/mol. The van der Waals surface area contributed by atoms with Gasteiger partial charge in [0.2, 0.25) is 0 Å². The Bertz CT molecular complexity index is 1590. The van der Waals surface area contributed by atoms with Crippen LogP contribution in [0.25, 0.3) is 33.9 Å². The quantitative estimate of drug-likeness (QED) is 0.208. The number of pyridine rings is 1. The molecule has 0 spiro atoms. The number of phenols is 1. The maximum atomic E-state index is 12.6. The van der Waals surface area contributed by atoms with E-state index in [0.717, 1.165) is 53.2 Å². The molecule has 1 saturated carbocycles. The zero-order chi connectivity index (χ0) is 27.3. The second kappa shape index (κ2) is 11.6. The van der Waals surface area contributed by atoms with E-state index < -0.39 is 0 Å². The minimum Gasteiger partial charge on any atom is -0.507 e. The minimum atomic E-state index is -0.262. The van der Waals surface area contributed by atoms with Gasteiger partial charge in [-0.15, -0.1) is 0 Å². The van der Waals surface area contributed by atoms with Gasteiger partial charge in [-0.25, -0.2) is 4.98 Å². The Morgan fingerprint density at radius 1 is 0.975 bits per heavy atom. The third kappa shape index (κ3) is 5.52. The normalized spacial score (nSPS) is 14.3. The van der Waals surface area contributed by atoms with Gasteiger partial charge in [-0.05, 0) is 60.6 Å². The van der Waals surface area contributed by atoms with Crippen LogP contribution >= 0.6 is 0 Å². The molecule has 1 fully saturated rings. The SMILES string of the molecule is O=C(NCCC(C1CCCC1)n1cc(-c2ccnc(-c3ncc(-c4ccccc4)[nH]3)c2)cn1)c1ccccc1O. The van der Waals surface area contributed by atoms with E-state index in [1.54, 1.807) is 24.4 Å². The van der Waals surface area contributed by atoms with Crippen molar-refractivity contribution in [2.45, 2.75) is 38.1 Å². The van der Waals surface area contributed by atoms with Crippen molar-refractivity contribution in [1.82, 2.24) is 30.0 Å². The maximum Gasteiger partial charge on any atom is 0.255 e. The van der Waals surface area contributed by atoms with E-state index in [9.17, 15) is 9.90 Å². The van der Waals surface area contributed by atoms with E-state index in [-0.39, 0.29) is 17.7 Å². The average Bonchev–Trinajstić information content (AvgIpc) is 3.79. The molecule has 0 saturated heterocycles. The minimum absolute atomic E-state index is 0.00776. The molecule has 8 heteroatoms. The maximum absolute atomic E-state index is 12.6. The number of H-pyrrole nitrogens is 1. The number of hydrogen-bond acceptors (Lipinski definition) is 5. The van der Waals surface area contributed by atoms with Crippen molar-refractivity contribution in [3.05, 3.63) is 97.1 Å². The second-order valence-corrected chi connectivity index (χ2v) is 10.3. The molecule has 1 aliphatic rings. The lowest BCUT2D eigenvalue weighted by molar-refractivity contribution is 0.0947. The molecular weight excluding hydrogens is 500 g/mol. The number of carbonyl (C=O) groups is 1. The standard InChI is InChI=1S/C32H32N6O2/c39-30-13-7-6-12-26(30)32(40)34-17-15-29(23-10-4-5-11-23)38-21-25(19-36-38)24-14-16-33-27(18-24)31-35-20-28(37-31)22-8-2-1-3-9-22/h1-3,6-9,12-14,16,18-21,23,29,39H,4-5,10-11,15,17H2,(H,34,40)(H,35,37). The van der Waals surface area contributed by atoms with Crippen LogP contribution in [-0.2, 0) is 0 Å². The van der Waals surface area contributed by atoms with Crippen LogP contribution < -0.4 is 5.32 Å². The van der Waals surface area contributed by atoms with Gasteiger partial charge in [0, 0.05) is 24.5 Å². The van der Waals surface area contributed by atoms with Crippen molar-refractivity contribution in [2.24, 2.45) is 5.92 Å². The second-order valence-electron chi connectivity index (χ2n) is 10.3. The number of nitrogens with zero attached hydrogens (tertiary/aromatic N) is 4. The van der Waals surface area contributed by atoms with E-state index in [1.165, 1.54) is 18.9 Å². The molecule has 0 radical (unpaired) electrons. The summed E-state index contributed by atoms with van der Waals surface area (Å²) in [5, 5.41) is 17.8. The Morgan fingerprint density at radius 3 is 2.60 bits per heavy atom. The molecule has 1 unspecified atom stereocenters. The zero-order valence-corrected chi connectivity index (χ0v) is 22.2. The van der Waals surface area contributed by atoms with E-state index in [0.29, 0.717) is 18.0 Å². The Morgan fingerprint density at radius 2 is 1.77 bits per heavy atom. The van der Waals surface area contributed by atoms with Crippen LogP contribution in [0, 0.1) is 5.92 Å². The highest BCUT2D eigenvalue weighted by atomic mass is 16.3. The van der Waals surface area contributed by atoms with Gasteiger partial charge < -0.3 is 15.4 Å². The van der Waals surface area contributed by atoms with Gasteiger partial charge in [0.25, 0.3) is 5.91 Å². The first kappa shape index (κ1) is 25.6. The summed E-state index contributed by atoms with van der Waals surface area (Å²) >= 11 is 0. The average molecular weight is 533 g/mol. The van der Waals surface area contributed by atoms with Crippen molar-refractivity contribution in [3.8, 4) is 39.7 Å². The van der Waals surface area contributed by atoms with Crippen LogP contribution in [0.15, 0.2) is 91.5 Å². The smallest absolute Gasteiger partial charge is 0.255 e. The van der Waals surface area contributed by atoms with Gasteiger partial charge in [-0.2, -0.15) is 5.10 Å². The molecule has 8 nitrogen and oxygen atoms in total. The number of benzene rings is 2. The summed E-state index contributed by atoms with van der Waals surface area (Å²) in [7, 11) is 0. The molecular formula is C32H32N6O2. The topological polar surface area (TPSA) is 109 Å². The monoisotopic (exact) mass is 532 g/mol. The van der Waals surface area contributed by atoms with E-state index >= 15 is 0 Å². The van der Waals surface area contributed by atoms with E-state index in [4.69, 9.17) is 5.10 Å². The molecule has 5 aromatic rings. The molecule has 3 N–H and O–H groups in total. The number of aromatic hydroxyl groups is 1. The van der Waals surface area contributed by atoms with E-state index in [1.807, 2.05) is 54.9 Å². The summed E-state index contributed by atoms with van der Waals surface area (Å²) in [4.78, 5) is 25.1. The fraction of sp³-hybridized carbons (Fsp3) is 0.250. The van der Waals surface area contributed by atoms with Crippen LogP contribution in [0.3, 0.4) is 0 Å². The van der Waals surface area contributed by atoms with Gasteiger partial charge >= 0.3 is 0 Å². The highest BCUT2D eigenvalue weighted by molar-refractivity contribution is 5.96. The number of carbonyl (C=O) groups excluding carboxylic acids is 1. The first-order chi connectivity index (χ1) is 19.7. The number of para-hydroxylation sites is 1. The number of aromatic nitrogens is 5. The summed E-state index contributed by atoms with van der Waals surface area (Å²) < 4.78 is 2.07. The highest BCUT2D eigenvalue weighted by Crippen LogP contribution is 2.36. The predicted octanol–water partition coefficient (Wildman–Crippen LogP) is 6.26. The summed E-state index contributed by atoms with van der Waals surface area (Å²) in [5.41, 5.74) is 5.12. The lowest BCUT2D eigenvalue weighted by Crippen LogP contribution is -2.28. The zero-order valence-electron chi connectivity index (χ0n) is 22.2. The molecule has 1 aliphatic carbocycles. The summed E-state index contributed by atoms with van der Waals surface area (Å²) in [5.74, 6) is 0.966. The van der Waals surface area contributed by atoms with Gasteiger partial charge in [-0.1, -0.05) is 55.3 Å². The molecule has 3 heterocycles. The lowest BCUT2D eigenvalue weighted by Gasteiger charge is -2.24. The highest BCUT2D eigenvalue weighted by Gasteiger charge is 2.27. The molecule has 202 valence electrons. The van der Waals surface area contributed by atoms with Crippen molar-refractivity contribution in [2.75, 3.05) is 6.54 Å². The number of imidazole rings is 1. The largest absolute Gasteiger partial charge is 0.507 e. The number of hydrogen-bond donors (Lipinski definition) is 3. The van der Waals surface area contributed by atoms with Crippen LogP contribution in [0.2, 0.25) is 0 Å².